The van der Waals surface area contributed by atoms with Crippen molar-refractivity contribution in [1.29, 1.82) is 0 Å². The number of carbonyl (C=O) groups excluding carboxylic acids is 3. The smallest absolute Gasteiger partial charge is 0.310 e. The molecule has 0 aromatic heterocycles. The molecule has 0 aliphatic rings. The zero-order valence-electron chi connectivity index (χ0n) is 41.3. The number of allylic oxidation sites excluding steroid dienone is 12. The fraction of sp³-hybridized carbons (Fsp3) is 0.737. The van der Waals surface area contributed by atoms with Crippen molar-refractivity contribution < 1.29 is 28.6 Å². The molecule has 0 spiro atoms. The molecular weight excluding hydrogens is 781 g/mol. The highest BCUT2D eigenvalue weighted by atomic mass is 16.5. The minimum absolute atomic E-state index is 0.167. The summed E-state index contributed by atoms with van der Waals surface area (Å²) in [7, 11) is 0. The number of ether oxygens (including phenoxy) is 3. The van der Waals surface area contributed by atoms with Crippen LogP contribution in [0.4, 0.5) is 0 Å². The van der Waals surface area contributed by atoms with Crippen molar-refractivity contribution in [3.8, 4) is 0 Å². The molecule has 6 nitrogen and oxygen atoms in total. The zero-order chi connectivity index (χ0) is 45.8. The molecular formula is C57H98O6. The third kappa shape index (κ3) is 48.2. The third-order valence-corrected chi connectivity index (χ3v) is 11.2. The van der Waals surface area contributed by atoms with Crippen molar-refractivity contribution >= 4 is 17.9 Å². The van der Waals surface area contributed by atoms with Gasteiger partial charge in [-0.2, -0.15) is 0 Å². The normalized spacial score (nSPS) is 12.2. The lowest BCUT2D eigenvalue weighted by atomic mass is 10.0. The van der Waals surface area contributed by atoms with E-state index in [1.165, 1.54) is 89.9 Å². The molecule has 0 aliphatic heterocycles. The summed E-state index contributed by atoms with van der Waals surface area (Å²) in [5.41, 5.74) is 0. The molecule has 0 amide bonds. The molecule has 0 aromatic carbocycles. The van der Waals surface area contributed by atoms with Gasteiger partial charge in [-0.05, 0) is 116 Å². The van der Waals surface area contributed by atoms with Crippen LogP contribution in [-0.4, -0.2) is 37.7 Å². The monoisotopic (exact) mass is 879 g/mol. The fourth-order valence-corrected chi connectivity index (χ4v) is 7.16. The van der Waals surface area contributed by atoms with Crippen LogP contribution in [0, 0.1) is 5.92 Å². The van der Waals surface area contributed by atoms with Gasteiger partial charge in [0.15, 0.2) is 0 Å². The Morgan fingerprint density at radius 1 is 0.317 bits per heavy atom. The fourth-order valence-electron chi connectivity index (χ4n) is 7.16. The van der Waals surface area contributed by atoms with Gasteiger partial charge in [0.1, 0.15) is 0 Å². The van der Waals surface area contributed by atoms with Crippen molar-refractivity contribution in [3.05, 3.63) is 72.9 Å². The second-order valence-corrected chi connectivity index (χ2v) is 17.4. The second kappa shape index (κ2) is 51.5. The summed E-state index contributed by atoms with van der Waals surface area (Å²) < 4.78 is 16.6. The van der Waals surface area contributed by atoms with E-state index in [0.29, 0.717) is 19.8 Å². The molecule has 0 saturated heterocycles. The number of esters is 3. The molecule has 362 valence electrons. The summed E-state index contributed by atoms with van der Waals surface area (Å²) in [6, 6.07) is 0. The van der Waals surface area contributed by atoms with Crippen molar-refractivity contribution in [2.45, 2.75) is 245 Å². The Hall–Kier alpha value is -3.15. The zero-order valence-corrected chi connectivity index (χ0v) is 41.3. The SMILES string of the molecule is CCCCC/C=C\C/C=C\CCCCCCCOC(=O)CC(CC(=O)OCCCCCCC/C=C\C/C=C\CCCCC)C(=O)OCCCCCCC/C=C\C/C=C\CCCCC. The molecule has 0 heterocycles. The summed E-state index contributed by atoms with van der Waals surface area (Å²) in [6.45, 7) is 7.66. The topological polar surface area (TPSA) is 78.9 Å². The standard InChI is InChI=1S/C57H98O6/c1-4-7-10-13-16-19-22-25-28-31-34-37-40-43-46-49-61-55(58)52-54(57(60)63-51-48-45-42-39-36-33-30-27-24-21-18-15-12-9-6-3)53-56(59)62-50-47-44-41-38-35-32-29-26-23-20-17-14-11-8-5-2/h16-21,25-30,54H,4-15,22-24,31-53H2,1-3H3/b19-16-,20-17-,21-18-,28-25-,29-26-,30-27-. The summed E-state index contributed by atoms with van der Waals surface area (Å²) in [4.78, 5) is 38.8. The molecule has 0 saturated carbocycles. The van der Waals surface area contributed by atoms with E-state index < -0.39 is 23.8 Å². The first-order valence-electron chi connectivity index (χ1n) is 26.4. The highest BCUT2D eigenvalue weighted by Crippen LogP contribution is 2.17. The van der Waals surface area contributed by atoms with Crippen LogP contribution in [0.3, 0.4) is 0 Å². The first-order chi connectivity index (χ1) is 31.0. The van der Waals surface area contributed by atoms with E-state index in [2.05, 4.69) is 93.7 Å². The predicted octanol–water partition coefficient (Wildman–Crippen LogP) is 17.3. The van der Waals surface area contributed by atoms with Gasteiger partial charge in [0.05, 0.1) is 38.6 Å². The van der Waals surface area contributed by atoms with Gasteiger partial charge in [0.25, 0.3) is 0 Å². The molecule has 0 bridgehead atoms. The Morgan fingerprint density at radius 2 is 0.571 bits per heavy atom. The minimum atomic E-state index is -0.892. The average Bonchev–Trinajstić information content (AvgIpc) is 3.28. The van der Waals surface area contributed by atoms with Crippen LogP contribution in [-0.2, 0) is 28.6 Å². The maximum Gasteiger partial charge on any atom is 0.310 e. The van der Waals surface area contributed by atoms with Gasteiger partial charge < -0.3 is 14.2 Å². The Kier molecular flexibility index (Phi) is 48.9. The van der Waals surface area contributed by atoms with Gasteiger partial charge in [-0.1, -0.05) is 190 Å². The minimum Gasteiger partial charge on any atom is -0.466 e. The Morgan fingerprint density at radius 3 is 0.873 bits per heavy atom. The molecule has 0 aliphatic carbocycles. The molecule has 0 aromatic rings. The largest absolute Gasteiger partial charge is 0.466 e. The van der Waals surface area contributed by atoms with Gasteiger partial charge in [-0.3, -0.25) is 14.4 Å². The highest BCUT2D eigenvalue weighted by Gasteiger charge is 2.28. The first-order valence-corrected chi connectivity index (χ1v) is 26.4. The summed E-state index contributed by atoms with van der Waals surface area (Å²) in [5.74, 6) is -2.32. The van der Waals surface area contributed by atoms with Gasteiger partial charge in [-0.25, -0.2) is 0 Å². The maximum atomic E-state index is 13.1. The van der Waals surface area contributed by atoms with Crippen LogP contribution in [0.1, 0.15) is 245 Å². The van der Waals surface area contributed by atoms with Crippen molar-refractivity contribution in [2.75, 3.05) is 19.8 Å². The van der Waals surface area contributed by atoms with Gasteiger partial charge >= 0.3 is 17.9 Å². The van der Waals surface area contributed by atoms with Crippen LogP contribution in [0.15, 0.2) is 72.9 Å². The lowest BCUT2D eigenvalue weighted by molar-refractivity contribution is -0.159. The van der Waals surface area contributed by atoms with E-state index in [1.807, 2.05) is 0 Å². The van der Waals surface area contributed by atoms with Gasteiger partial charge in [-0.15, -0.1) is 0 Å². The van der Waals surface area contributed by atoms with E-state index in [4.69, 9.17) is 14.2 Å². The number of unbranched alkanes of at least 4 members (excludes halogenated alkanes) is 24. The van der Waals surface area contributed by atoms with Crippen LogP contribution < -0.4 is 0 Å². The molecule has 0 N–H and O–H groups in total. The molecule has 0 fully saturated rings. The lowest BCUT2D eigenvalue weighted by Crippen LogP contribution is -2.26. The van der Waals surface area contributed by atoms with Crippen molar-refractivity contribution in [1.82, 2.24) is 0 Å². The summed E-state index contributed by atoms with van der Waals surface area (Å²) >= 11 is 0. The predicted molar refractivity (Wildman–Crippen MR) is 270 cm³/mol. The molecule has 0 radical (unpaired) electrons. The molecule has 6 heteroatoms. The van der Waals surface area contributed by atoms with Crippen LogP contribution in [0.25, 0.3) is 0 Å². The number of hydrogen-bond donors (Lipinski definition) is 0. The van der Waals surface area contributed by atoms with Crippen molar-refractivity contribution in [2.24, 2.45) is 5.92 Å². The van der Waals surface area contributed by atoms with E-state index in [1.54, 1.807) is 0 Å². The average molecular weight is 879 g/mol. The number of carbonyl (C=O) groups is 3. The Bertz CT molecular complexity index is 1130. The Labute approximate surface area is 389 Å². The van der Waals surface area contributed by atoms with Crippen LogP contribution in [0.2, 0.25) is 0 Å². The second-order valence-electron chi connectivity index (χ2n) is 17.4. The van der Waals surface area contributed by atoms with E-state index in [-0.39, 0.29) is 12.8 Å². The maximum absolute atomic E-state index is 13.1. The molecule has 0 unspecified atom stereocenters. The quantitative estimate of drug-likeness (QED) is 0.0262. The first kappa shape index (κ1) is 59.9. The van der Waals surface area contributed by atoms with Gasteiger partial charge in [0.2, 0.25) is 0 Å². The molecule has 0 atom stereocenters. The van der Waals surface area contributed by atoms with E-state index in [0.717, 1.165) is 122 Å². The molecule has 63 heavy (non-hydrogen) atoms. The van der Waals surface area contributed by atoms with E-state index in [9.17, 15) is 14.4 Å². The van der Waals surface area contributed by atoms with Gasteiger partial charge in [0, 0.05) is 0 Å². The van der Waals surface area contributed by atoms with Crippen molar-refractivity contribution in [3.63, 3.8) is 0 Å². The summed E-state index contributed by atoms with van der Waals surface area (Å²) in [6.07, 6.45) is 64.1. The number of hydrogen-bond acceptors (Lipinski definition) is 6. The lowest BCUT2D eigenvalue weighted by Gasteiger charge is -2.15. The van der Waals surface area contributed by atoms with E-state index >= 15 is 0 Å². The Balaban J connectivity index is 4.48. The number of rotatable bonds is 47. The van der Waals surface area contributed by atoms with Crippen LogP contribution in [0.5, 0.6) is 0 Å². The van der Waals surface area contributed by atoms with Crippen LogP contribution >= 0.6 is 0 Å². The highest BCUT2D eigenvalue weighted by molar-refractivity contribution is 5.84. The molecule has 0 rings (SSSR count). The summed E-state index contributed by atoms with van der Waals surface area (Å²) in [5, 5.41) is 0. The third-order valence-electron chi connectivity index (χ3n) is 11.2.